The Balaban J connectivity index is 2.78. The monoisotopic (exact) mass is 237 g/mol. The largest absolute Gasteiger partial charge is 0.497 e. The Kier molecular flexibility index (Phi) is 2.99. The Bertz CT molecular complexity index is 526. The van der Waals surface area contributed by atoms with E-state index in [4.69, 9.17) is 16.3 Å². The van der Waals surface area contributed by atoms with Gasteiger partial charge < -0.3 is 9.84 Å². The van der Waals surface area contributed by atoms with E-state index >= 15 is 0 Å². The average Bonchev–Trinajstić information content (AvgIpc) is 2.27. The Morgan fingerprint density at radius 3 is 2.81 bits per heavy atom. The number of nitrogens with zero attached hydrogens (tertiary/aromatic N) is 1. The van der Waals surface area contributed by atoms with Gasteiger partial charge in [-0.2, -0.15) is 0 Å². The summed E-state index contributed by atoms with van der Waals surface area (Å²) < 4.78 is 5.14. The third-order valence-corrected chi connectivity index (χ3v) is 2.79. The number of rotatable bonds is 2. The van der Waals surface area contributed by atoms with Crippen molar-refractivity contribution in [3.63, 3.8) is 0 Å². The summed E-state index contributed by atoms with van der Waals surface area (Å²) in [6.45, 7) is 1.68. The van der Waals surface area contributed by atoms with Gasteiger partial charge in [-0.15, -0.1) is 0 Å². The predicted molar refractivity (Wildman–Crippen MR) is 63.9 cm³/mol. The van der Waals surface area contributed by atoms with Crippen molar-refractivity contribution in [2.45, 2.75) is 13.0 Å². The fourth-order valence-electron chi connectivity index (χ4n) is 1.72. The molecule has 84 valence electrons. The Labute approximate surface area is 98.6 Å². The molecule has 1 N–H and O–H groups in total. The van der Waals surface area contributed by atoms with Crippen molar-refractivity contribution in [2.24, 2.45) is 0 Å². The lowest BCUT2D eigenvalue weighted by molar-refractivity contribution is 0.201. The molecule has 0 saturated heterocycles. The Morgan fingerprint density at radius 1 is 1.44 bits per heavy atom. The van der Waals surface area contributed by atoms with Gasteiger partial charge in [0.15, 0.2) is 0 Å². The Hall–Kier alpha value is -1.32. The van der Waals surface area contributed by atoms with Crippen molar-refractivity contribution in [2.75, 3.05) is 7.11 Å². The normalized spacial score (nSPS) is 12.8. The summed E-state index contributed by atoms with van der Waals surface area (Å²) in [6, 6.07) is 5.50. The summed E-state index contributed by atoms with van der Waals surface area (Å²) in [6.07, 6.45) is 0.920. The highest BCUT2D eigenvalue weighted by molar-refractivity contribution is 6.32. The fourth-order valence-corrected chi connectivity index (χ4v) is 2.03. The molecule has 0 amide bonds. The van der Waals surface area contributed by atoms with Crippen molar-refractivity contribution < 1.29 is 9.84 Å². The fraction of sp³-hybridized carbons (Fsp3) is 0.250. The number of aliphatic hydroxyl groups is 1. The topological polar surface area (TPSA) is 42.4 Å². The molecule has 0 fully saturated rings. The second-order valence-electron chi connectivity index (χ2n) is 3.58. The van der Waals surface area contributed by atoms with E-state index in [0.717, 1.165) is 16.7 Å². The van der Waals surface area contributed by atoms with Crippen molar-refractivity contribution in [1.82, 2.24) is 4.98 Å². The standard InChI is InChI=1S/C12H12ClNO2/c1-7(15)12-9-5-8(16-2)3-4-11(9)14-6-10(12)13/h3-7,15H,1-2H3. The second-order valence-corrected chi connectivity index (χ2v) is 3.99. The molecule has 0 aliphatic carbocycles. The molecular weight excluding hydrogens is 226 g/mol. The number of aliphatic hydroxyl groups excluding tert-OH is 1. The van der Waals surface area contributed by atoms with Gasteiger partial charge in [-0.25, -0.2) is 0 Å². The van der Waals surface area contributed by atoms with Crippen LogP contribution >= 0.6 is 11.6 Å². The lowest BCUT2D eigenvalue weighted by Gasteiger charge is -2.11. The number of benzene rings is 1. The van der Waals surface area contributed by atoms with Crippen LogP contribution in [0.2, 0.25) is 5.02 Å². The smallest absolute Gasteiger partial charge is 0.119 e. The van der Waals surface area contributed by atoms with Crippen LogP contribution in [0.25, 0.3) is 10.9 Å². The molecule has 0 radical (unpaired) electrons. The van der Waals surface area contributed by atoms with Crippen molar-refractivity contribution in [3.8, 4) is 5.75 Å². The van der Waals surface area contributed by atoms with E-state index in [1.54, 1.807) is 20.2 Å². The van der Waals surface area contributed by atoms with E-state index in [1.165, 1.54) is 0 Å². The van der Waals surface area contributed by atoms with Gasteiger partial charge in [0.05, 0.1) is 23.8 Å². The van der Waals surface area contributed by atoms with Gasteiger partial charge in [-0.3, -0.25) is 4.98 Å². The van der Waals surface area contributed by atoms with Gasteiger partial charge in [-0.05, 0) is 25.1 Å². The van der Waals surface area contributed by atoms with Crippen LogP contribution in [-0.2, 0) is 0 Å². The van der Waals surface area contributed by atoms with Crippen molar-refractivity contribution in [3.05, 3.63) is 35.0 Å². The molecule has 3 nitrogen and oxygen atoms in total. The van der Waals surface area contributed by atoms with Crippen LogP contribution in [-0.4, -0.2) is 17.2 Å². The van der Waals surface area contributed by atoms with Crippen molar-refractivity contribution >= 4 is 22.5 Å². The predicted octanol–water partition coefficient (Wildman–Crippen LogP) is 2.95. The number of ether oxygens (including phenoxy) is 1. The van der Waals surface area contributed by atoms with Crippen LogP contribution < -0.4 is 4.74 Å². The molecule has 0 spiro atoms. The minimum absolute atomic E-state index is 0.468. The highest BCUT2D eigenvalue weighted by Crippen LogP contribution is 2.31. The number of fused-ring (bicyclic) bond motifs is 1. The van der Waals surface area contributed by atoms with Crippen LogP contribution in [0.5, 0.6) is 5.75 Å². The summed E-state index contributed by atoms with van der Waals surface area (Å²) >= 11 is 6.03. The first-order valence-electron chi connectivity index (χ1n) is 4.93. The summed E-state index contributed by atoms with van der Waals surface area (Å²) in [5.74, 6) is 0.721. The first-order chi connectivity index (χ1) is 7.63. The molecule has 1 heterocycles. The Morgan fingerprint density at radius 2 is 2.19 bits per heavy atom. The highest BCUT2D eigenvalue weighted by Gasteiger charge is 2.12. The van der Waals surface area contributed by atoms with Gasteiger partial charge >= 0.3 is 0 Å². The van der Waals surface area contributed by atoms with Gasteiger partial charge in [0.1, 0.15) is 5.75 Å². The number of hydrogen-bond donors (Lipinski definition) is 1. The summed E-state index contributed by atoms with van der Waals surface area (Å²) in [5.41, 5.74) is 1.48. The van der Waals surface area contributed by atoms with E-state index in [9.17, 15) is 5.11 Å². The van der Waals surface area contributed by atoms with Crippen LogP contribution in [0.15, 0.2) is 24.4 Å². The van der Waals surface area contributed by atoms with E-state index in [0.29, 0.717) is 10.6 Å². The van der Waals surface area contributed by atoms with Crippen LogP contribution in [0, 0.1) is 0 Å². The molecule has 1 aromatic heterocycles. The van der Waals surface area contributed by atoms with Gasteiger partial charge in [-0.1, -0.05) is 11.6 Å². The quantitative estimate of drug-likeness (QED) is 0.873. The summed E-state index contributed by atoms with van der Waals surface area (Å²) in [7, 11) is 1.60. The molecular formula is C12H12ClNO2. The van der Waals surface area contributed by atoms with E-state index in [1.807, 2.05) is 18.2 Å². The lowest BCUT2D eigenvalue weighted by Crippen LogP contribution is -1.96. The number of pyridine rings is 1. The molecule has 16 heavy (non-hydrogen) atoms. The molecule has 2 aromatic rings. The van der Waals surface area contributed by atoms with Crippen molar-refractivity contribution in [1.29, 1.82) is 0 Å². The number of methoxy groups -OCH3 is 1. The van der Waals surface area contributed by atoms with E-state index in [-0.39, 0.29) is 0 Å². The zero-order valence-electron chi connectivity index (χ0n) is 9.07. The first kappa shape index (κ1) is 11.2. The SMILES string of the molecule is COc1ccc2ncc(Cl)c(C(C)O)c2c1. The molecule has 0 aliphatic rings. The first-order valence-corrected chi connectivity index (χ1v) is 5.31. The minimum Gasteiger partial charge on any atom is -0.497 e. The van der Waals surface area contributed by atoms with E-state index < -0.39 is 6.10 Å². The molecule has 1 atom stereocenters. The molecule has 1 unspecified atom stereocenters. The van der Waals surface area contributed by atoms with Gasteiger partial charge in [0, 0.05) is 17.1 Å². The second kappa shape index (κ2) is 4.28. The molecule has 1 aromatic carbocycles. The molecule has 4 heteroatoms. The lowest BCUT2D eigenvalue weighted by atomic mass is 10.0. The summed E-state index contributed by atoms with van der Waals surface area (Å²) in [5, 5.41) is 11.0. The van der Waals surface area contributed by atoms with Gasteiger partial charge in [0.25, 0.3) is 0 Å². The maximum absolute atomic E-state index is 9.71. The zero-order valence-corrected chi connectivity index (χ0v) is 9.82. The van der Waals surface area contributed by atoms with Crippen LogP contribution in [0.4, 0.5) is 0 Å². The van der Waals surface area contributed by atoms with E-state index in [2.05, 4.69) is 4.98 Å². The van der Waals surface area contributed by atoms with Gasteiger partial charge in [0.2, 0.25) is 0 Å². The number of hydrogen-bond acceptors (Lipinski definition) is 3. The number of aromatic nitrogens is 1. The minimum atomic E-state index is -0.634. The highest BCUT2D eigenvalue weighted by atomic mass is 35.5. The van der Waals surface area contributed by atoms with Crippen LogP contribution in [0.1, 0.15) is 18.6 Å². The number of halogens is 1. The molecule has 0 saturated carbocycles. The average molecular weight is 238 g/mol. The molecule has 0 aliphatic heterocycles. The third kappa shape index (κ3) is 1.84. The molecule has 0 bridgehead atoms. The van der Waals surface area contributed by atoms with Crippen LogP contribution in [0.3, 0.4) is 0 Å². The summed E-state index contributed by atoms with van der Waals surface area (Å²) in [4.78, 5) is 4.20. The third-order valence-electron chi connectivity index (χ3n) is 2.49. The zero-order chi connectivity index (χ0) is 11.7. The maximum atomic E-state index is 9.71. The molecule has 2 rings (SSSR count). The maximum Gasteiger partial charge on any atom is 0.119 e.